The smallest absolute Gasteiger partial charge is 0.255 e. The van der Waals surface area contributed by atoms with Crippen LogP contribution in [0.15, 0.2) is 72.8 Å². The number of anilines is 1. The van der Waals surface area contributed by atoms with E-state index < -0.39 is 0 Å². The lowest BCUT2D eigenvalue weighted by atomic mass is 9.92. The van der Waals surface area contributed by atoms with Gasteiger partial charge in [0.25, 0.3) is 5.91 Å². The third-order valence-electron chi connectivity index (χ3n) is 5.46. The summed E-state index contributed by atoms with van der Waals surface area (Å²) in [4.78, 5) is 12.5. The molecule has 1 aliphatic heterocycles. The Bertz CT molecular complexity index is 944. The number of piperidine rings is 1. The molecule has 0 aromatic heterocycles. The molecule has 1 atom stereocenters. The summed E-state index contributed by atoms with van der Waals surface area (Å²) in [6.45, 7) is 2.22. The highest BCUT2D eigenvalue weighted by molar-refractivity contribution is 6.04. The first-order chi connectivity index (χ1) is 14.2. The molecular weight excluding hydrogens is 363 g/mol. The van der Waals surface area contributed by atoms with Crippen LogP contribution in [-0.4, -0.2) is 19.0 Å². The highest BCUT2D eigenvalue weighted by atomic mass is 19.1. The minimum absolute atomic E-state index is 0.139. The maximum Gasteiger partial charge on any atom is 0.255 e. The largest absolute Gasteiger partial charge is 0.322 e. The van der Waals surface area contributed by atoms with Crippen molar-refractivity contribution < 1.29 is 9.18 Å². The van der Waals surface area contributed by atoms with E-state index in [0.29, 0.717) is 11.5 Å². The number of hydrogen-bond donors (Lipinski definition) is 2. The summed E-state index contributed by atoms with van der Waals surface area (Å²) in [7, 11) is 0. The zero-order chi connectivity index (χ0) is 20.1. The molecule has 3 aromatic rings. The van der Waals surface area contributed by atoms with Crippen LogP contribution in [0, 0.1) is 11.7 Å². The number of hydrogen-bond acceptors (Lipinski definition) is 2. The topological polar surface area (TPSA) is 41.1 Å². The highest BCUT2D eigenvalue weighted by Crippen LogP contribution is 2.21. The molecular formula is C25H25FN2O. The molecule has 0 radical (unpaired) electrons. The van der Waals surface area contributed by atoms with E-state index in [0.717, 1.165) is 36.3 Å². The Morgan fingerprint density at radius 2 is 1.59 bits per heavy atom. The fraction of sp³-hybridized carbons (Fsp3) is 0.240. The Morgan fingerprint density at radius 3 is 2.21 bits per heavy atom. The fourth-order valence-electron chi connectivity index (χ4n) is 3.82. The van der Waals surface area contributed by atoms with Crippen LogP contribution in [0.5, 0.6) is 0 Å². The summed E-state index contributed by atoms with van der Waals surface area (Å²) in [5.41, 5.74) is 4.56. The van der Waals surface area contributed by atoms with E-state index in [9.17, 15) is 9.18 Å². The molecule has 1 amide bonds. The monoisotopic (exact) mass is 388 g/mol. The number of carbonyl (C=O) groups excluding carboxylic acids is 1. The van der Waals surface area contributed by atoms with Gasteiger partial charge >= 0.3 is 0 Å². The first kappa shape index (κ1) is 19.3. The van der Waals surface area contributed by atoms with Gasteiger partial charge in [-0.05, 0) is 91.4 Å². The van der Waals surface area contributed by atoms with Crippen molar-refractivity contribution in [3.05, 3.63) is 89.7 Å². The molecule has 0 bridgehead atoms. The molecule has 0 spiro atoms. The number of carbonyl (C=O) groups is 1. The van der Waals surface area contributed by atoms with Crippen molar-refractivity contribution in [1.82, 2.24) is 5.32 Å². The zero-order valence-corrected chi connectivity index (χ0v) is 16.3. The normalized spacial score (nSPS) is 16.4. The fourth-order valence-corrected chi connectivity index (χ4v) is 3.82. The van der Waals surface area contributed by atoms with Crippen LogP contribution in [0.4, 0.5) is 10.1 Å². The van der Waals surface area contributed by atoms with Gasteiger partial charge in [0.15, 0.2) is 0 Å². The summed E-state index contributed by atoms with van der Waals surface area (Å²) < 4.78 is 13.1. The predicted octanol–water partition coefficient (Wildman–Crippen LogP) is 5.29. The van der Waals surface area contributed by atoms with E-state index >= 15 is 0 Å². The minimum Gasteiger partial charge on any atom is -0.322 e. The van der Waals surface area contributed by atoms with Gasteiger partial charge in [-0.25, -0.2) is 4.39 Å². The van der Waals surface area contributed by atoms with Gasteiger partial charge in [0.2, 0.25) is 0 Å². The van der Waals surface area contributed by atoms with E-state index in [4.69, 9.17) is 0 Å². The first-order valence-electron chi connectivity index (χ1n) is 10.1. The molecule has 1 unspecified atom stereocenters. The Hall–Kier alpha value is -2.98. The van der Waals surface area contributed by atoms with E-state index in [2.05, 4.69) is 22.8 Å². The SMILES string of the molecule is O=C(Nc1ccc(CC2CCCNC2)cc1)c1ccc(-c2ccc(F)cc2)cc1. The van der Waals surface area contributed by atoms with Crippen LogP contribution in [0.3, 0.4) is 0 Å². The number of halogens is 1. The maximum atomic E-state index is 13.1. The molecule has 4 rings (SSSR count). The molecule has 3 nitrogen and oxygen atoms in total. The summed E-state index contributed by atoms with van der Waals surface area (Å²) in [6.07, 6.45) is 3.60. The van der Waals surface area contributed by atoms with Gasteiger partial charge in [-0.2, -0.15) is 0 Å². The average molecular weight is 388 g/mol. The van der Waals surface area contributed by atoms with Gasteiger partial charge < -0.3 is 10.6 Å². The maximum absolute atomic E-state index is 13.1. The van der Waals surface area contributed by atoms with Crippen molar-refractivity contribution in [2.75, 3.05) is 18.4 Å². The number of amides is 1. The Labute approximate surface area is 171 Å². The van der Waals surface area contributed by atoms with Gasteiger partial charge in [-0.15, -0.1) is 0 Å². The molecule has 1 heterocycles. The van der Waals surface area contributed by atoms with E-state index in [1.54, 1.807) is 24.3 Å². The van der Waals surface area contributed by atoms with Crippen molar-refractivity contribution in [2.24, 2.45) is 5.92 Å². The number of rotatable bonds is 5. The van der Waals surface area contributed by atoms with Crippen LogP contribution >= 0.6 is 0 Å². The number of nitrogens with one attached hydrogen (secondary N) is 2. The molecule has 29 heavy (non-hydrogen) atoms. The zero-order valence-electron chi connectivity index (χ0n) is 16.3. The first-order valence-corrected chi connectivity index (χ1v) is 10.1. The van der Waals surface area contributed by atoms with Crippen LogP contribution in [0.1, 0.15) is 28.8 Å². The summed E-state index contributed by atoms with van der Waals surface area (Å²) in [6, 6.07) is 21.8. The molecule has 1 fully saturated rings. The molecule has 0 saturated carbocycles. The van der Waals surface area contributed by atoms with Crippen LogP contribution in [-0.2, 0) is 6.42 Å². The summed E-state index contributed by atoms with van der Waals surface area (Å²) >= 11 is 0. The number of benzene rings is 3. The second-order valence-electron chi connectivity index (χ2n) is 7.65. The van der Waals surface area contributed by atoms with Crippen molar-refractivity contribution in [2.45, 2.75) is 19.3 Å². The van der Waals surface area contributed by atoms with Gasteiger partial charge in [-0.1, -0.05) is 36.4 Å². The molecule has 0 aliphatic carbocycles. The lowest BCUT2D eigenvalue weighted by Gasteiger charge is -2.22. The third kappa shape index (κ3) is 5.09. The minimum atomic E-state index is -0.258. The molecule has 1 saturated heterocycles. The molecule has 3 aromatic carbocycles. The standard InChI is InChI=1S/C25H25FN2O/c26-23-11-9-21(10-12-23)20-5-7-22(8-6-20)25(29)28-24-13-3-18(4-14-24)16-19-2-1-15-27-17-19/h3-14,19,27H,1-2,15-17H2,(H,28,29). The van der Waals surface area contributed by atoms with Gasteiger partial charge in [-0.3, -0.25) is 4.79 Å². The second kappa shape index (κ2) is 9.01. The second-order valence-corrected chi connectivity index (χ2v) is 7.65. The van der Waals surface area contributed by atoms with E-state index in [1.165, 1.54) is 30.5 Å². The summed E-state index contributed by atoms with van der Waals surface area (Å²) in [5.74, 6) is 0.301. The quantitative estimate of drug-likeness (QED) is 0.624. The van der Waals surface area contributed by atoms with Gasteiger partial charge in [0.1, 0.15) is 5.82 Å². The highest BCUT2D eigenvalue weighted by Gasteiger charge is 2.13. The van der Waals surface area contributed by atoms with Crippen molar-refractivity contribution in [3.8, 4) is 11.1 Å². The Kier molecular flexibility index (Phi) is 6.01. The van der Waals surface area contributed by atoms with Gasteiger partial charge in [0.05, 0.1) is 0 Å². The van der Waals surface area contributed by atoms with Crippen molar-refractivity contribution >= 4 is 11.6 Å². The summed E-state index contributed by atoms with van der Waals surface area (Å²) in [5, 5.41) is 6.41. The van der Waals surface area contributed by atoms with Crippen molar-refractivity contribution in [3.63, 3.8) is 0 Å². The lowest BCUT2D eigenvalue weighted by molar-refractivity contribution is 0.102. The van der Waals surface area contributed by atoms with Crippen LogP contribution < -0.4 is 10.6 Å². The predicted molar refractivity (Wildman–Crippen MR) is 116 cm³/mol. The molecule has 2 N–H and O–H groups in total. The average Bonchev–Trinajstić information content (AvgIpc) is 2.76. The van der Waals surface area contributed by atoms with E-state index in [1.807, 2.05) is 24.3 Å². The van der Waals surface area contributed by atoms with Crippen LogP contribution in [0.25, 0.3) is 11.1 Å². The van der Waals surface area contributed by atoms with E-state index in [-0.39, 0.29) is 11.7 Å². The Balaban J connectivity index is 1.36. The van der Waals surface area contributed by atoms with Crippen molar-refractivity contribution in [1.29, 1.82) is 0 Å². The third-order valence-corrected chi connectivity index (χ3v) is 5.46. The molecule has 1 aliphatic rings. The van der Waals surface area contributed by atoms with Gasteiger partial charge in [0, 0.05) is 11.3 Å². The Morgan fingerprint density at radius 1 is 0.931 bits per heavy atom. The molecule has 148 valence electrons. The van der Waals surface area contributed by atoms with Crippen LogP contribution in [0.2, 0.25) is 0 Å². The molecule has 4 heteroatoms. The lowest BCUT2D eigenvalue weighted by Crippen LogP contribution is -2.30.